The zero-order chi connectivity index (χ0) is 11.6. The molecule has 0 aliphatic rings. The third-order valence-electron chi connectivity index (χ3n) is 2.01. The van der Waals surface area contributed by atoms with E-state index >= 15 is 0 Å². The summed E-state index contributed by atoms with van der Waals surface area (Å²) in [7, 11) is 0. The van der Waals surface area contributed by atoms with E-state index in [1.54, 1.807) is 0 Å². The molecule has 0 atom stereocenters. The third kappa shape index (κ3) is 6.70. The molecular formula is C11H26O3Ti. The van der Waals surface area contributed by atoms with Gasteiger partial charge in [-0.05, 0) is 0 Å². The van der Waals surface area contributed by atoms with Gasteiger partial charge in [0.15, 0.2) is 0 Å². The van der Waals surface area contributed by atoms with Gasteiger partial charge >= 0.3 is 99.2 Å². The van der Waals surface area contributed by atoms with Crippen LogP contribution < -0.4 is 0 Å². The van der Waals surface area contributed by atoms with Crippen molar-refractivity contribution in [2.45, 2.75) is 51.7 Å². The summed E-state index contributed by atoms with van der Waals surface area (Å²) in [6, 6.07) is 0. The van der Waals surface area contributed by atoms with Gasteiger partial charge in [0.2, 0.25) is 0 Å². The fourth-order valence-electron chi connectivity index (χ4n) is 1.20. The predicted molar refractivity (Wildman–Crippen MR) is 59.2 cm³/mol. The van der Waals surface area contributed by atoms with Gasteiger partial charge < -0.3 is 0 Å². The van der Waals surface area contributed by atoms with Gasteiger partial charge in [-0.15, -0.1) is 0 Å². The third-order valence-corrected chi connectivity index (χ3v) is 6.38. The summed E-state index contributed by atoms with van der Waals surface area (Å²) in [5, 5.41) is 0. The Bertz CT molecular complexity index is 120. The second-order valence-corrected chi connectivity index (χ2v) is 8.17. The van der Waals surface area contributed by atoms with Crippen LogP contribution in [0.4, 0.5) is 0 Å². The van der Waals surface area contributed by atoms with Crippen LogP contribution in [0.3, 0.4) is 0 Å². The summed E-state index contributed by atoms with van der Waals surface area (Å²) < 4.78 is 18.5. The van der Waals surface area contributed by atoms with Gasteiger partial charge in [-0.25, -0.2) is 0 Å². The average molecular weight is 254 g/mol. The molecule has 4 heteroatoms. The molecule has 0 aliphatic carbocycles. The van der Waals surface area contributed by atoms with Crippen LogP contribution in [0, 0.1) is 0 Å². The summed E-state index contributed by atoms with van der Waals surface area (Å²) in [5.74, 6) is 0. The second kappa shape index (κ2) is 9.79. The van der Waals surface area contributed by atoms with Crippen molar-refractivity contribution in [1.29, 1.82) is 0 Å². The van der Waals surface area contributed by atoms with E-state index in [0.717, 1.165) is 43.8 Å². The minimum atomic E-state index is -2.87. The molecule has 0 fully saturated rings. The van der Waals surface area contributed by atoms with Gasteiger partial charge in [-0.2, -0.15) is 0 Å². The Hall–Kier alpha value is 0.594. The molecule has 0 saturated carbocycles. The van der Waals surface area contributed by atoms with Gasteiger partial charge in [0, 0.05) is 0 Å². The van der Waals surface area contributed by atoms with E-state index in [-0.39, 0.29) is 0 Å². The van der Waals surface area contributed by atoms with Crippen molar-refractivity contribution in [3.8, 4) is 0 Å². The molecule has 3 nitrogen and oxygen atoms in total. The maximum absolute atomic E-state index is 5.88. The average Bonchev–Trinajstić information content (AvgIpc) is 2.29. The van der Waals surface area contributed by atoms with E-state index in [9.17, 15) is 0 Å². The van der Waals surface area contributed by atoms with Crippen molar-refractivity contribution >= 4 is 0 Å². The fraction of sp³-hybridized carbons (Fsp3) is 1.00. The molecule has 15 heavy (non-hydrogen) atoms. The van der Waals surface area contributed by atoms with Crippen LogP contribution in [0.2, 0.25) is 4.73 Å². The molecule has 0 aromatic carbocycles. The molecule has 0 heterocycles. The number of hydrogen-bond donors (Lipinski definition) is 0. The molecule has 0 N–H and O–H groups in total. The Balaban J connectivity index is 4.16. The van der Waals surface area contributed by atoms with Gasteiger partial charge in [0.05, 0.1) is 0 Å². The van der Waals surface area contributed by atoms with Crippen molar-refractivity contribution in [3.05, 3.63) is 0 Å². The molecule has 0 saturated heterocycles. The van der Waals surface area contributed by atoms with E-state index in [1.165, 1.54) is 0 Å². The number of hydrogen-bond acceptors (Lipinski definition) is 3. The summed E-state index contributed by atoms with van der Waals surface area (Å²) in [5.41, 5.74) is 0. The molecule has 0 aromatic rings. The van der Waals surface area contributed by atoms with Crippen molar-refractivity contribution in [2.75, 3.05) is 19.8 Å². The Kier molecular flexibility index (Phi) is 10.2. The van der Waals surface area contributed by atoms with Crippen LogP contribution in [0.5, 0.6) is 0 Å². The first kappa shape index (κ1) is 15.6. The van der Waals surface area contributed by atoms with E-state index in [4.69, 9.17) is 9.96 Å². The van der Waals surface area contributed by atoms with E-state index in [2.05, 4.69) is 27.7 Å². The van der Waals surface area contributed by atoms with Gasteiger partial charge in [-0.1, -0.05) is 0 Å². The van der Waals surface area contributed by atoms with Crippen LogP contribution in [-0.4, -0.2) is 19.8 Å². The topological polar surface area (TPSA) is 27.7 Å². The standard InChI is InChI=1S/3C3H7O.C2H5.Ti/c3*1-2-3-4;1-2;/h3*2-3H2,1H3;1H2,2H3;/q3*-1;;+3. The molecule has 0 unspecified atom stereocenters. The molecule has 0 amide bonds. The molecule has 0 aromatic heterocycles. The molecule has 0 rings (SSSR count). The summed E-state index contributed by atoms with van der Waals surface area (Å²) in [4.78, 5) is 0. The normalized spacial score (nSPS) is 12.0. The van der Waals surface area contributed by atoms with Gasteiger partial charge in [0.25, 0.3) is 0 Å². The Labute approximate surface area is 99.3 Å². The molecule has 92 valence electrons. The van der Waals surface area contributed by atoms with Crippen LogP contribution >= 0.6 is 0 Å². The molecular weight excluding hydrogens is 228 g/mol. The maximum atomic E-state index is 5.88. The van der Waals surface area contributed by atoms with Gasteiger partial charge in [0.1, 0.15) is 0 Å². The number of rotatable bonds is 10. The van der Waals surface area contributed by atoms with Crippen molar-refractivity contribution in [2.24, 2.45) is 0 Å². The first-order chi connectivity index (χ1) is 7.24. The zero-order valence-corrected chi connectivity index (χ0v) is 12.2. The minimum absolute atomic E-state index is 0.765. The fourth-order valence-corrected chi connectivity index (χ4v) is 4.96. The van der Waals surface area contributed by atoms with Gasteiger partial charge in [-0.3, -0.25) is 0 Å². The van der Waals surface area contributed by atoms with E-state index < -0.39 is 17.8 Å². The zero-order valence-electron chi connectivity index (χ0n) is 10.7. The van der Waals surface area contributed by atoms with Crippen molar-refractivity contribution in [1.82, 2.24) is 0 Å². The van der Waals surface area contributed by atoms with Crippen LogP contribution in [0.1, 0.15) is 47.0 Å². The SMILES string of the molecule is CCC[O][Ti]([CH2]C)([O]CCC)[O]CCC. The first-order valence-electron chi connectivity index (χ1n) is 6.16. The van der Waals surface area contributed by atoms with Crippen LogP contribution in [0.25, 0.3) is 0 Å². The Morgan fingerprint density at radius 1 is 0.667 bits per heavy atom. The second-order valence-electron chi connectivity index (χ2n) is 3.58. The van der Waals surface area contributed by atoms with E-state index in [0.29, 0.717) is 0 Å². The summed E-state index contributed by atoms with van der Waals surface area (Å²) in [6.07, 6.45) is 3.08. The quantitative estimate of drug-likeness (QED) is 0.557. The molecule has 0 radical (unpaired) electrons. The predicted octanol–water partition coefficient (Wildman–Crippen LogP) is 3.60. The van der Waals surface area contributed by atoms with Crippen molar-refractivity contribution < 1.29 is 27.7 Å². The first-order valence-corrected chi connectivity index (χ1v) is 9.18. The Morgan fingerprint density at radius 3 is 1.20 bits per heavy atom. The molecule has 0 spiro atoms. The monoisotopic (exact) mass is 254 g/mol. The van der Waals surface area contributed by atoms with E-state index in [1.807, 2.05) is 0 Å². The van der Waals surface area contributed by atoms with Crippen LogP contribution in [0.15, 0.2) is 0 Å². The van der Waals surface area contributed by atoms with Crippen molar-refractivity contribution in [3.63, 3.8) is 0 Å². The Morgan fingerprint density at radius 2 is 1.00 bits per heavy atom. The molecule has 0 bridgehead atoms. The summed E-state index contributed by atoms with van der Waals surface area (Å²) in [6.45, 7) is 10.7. The summed E-state index contributed by atoms with van der Waals surface area (Å²) >= 11 is -2.87. The van der Waals surface area contributed by atoms with Crippen LogP contribution in [-0.2, 0) is 27.7 Å². The molecule has 0 aliphatic heterocycles.